The van der Waals surface area contributed by atoms with Crippen molar-refractivity contribution in [2.24, 2.45) is 0 Å². The molecular weight excluding hydrogens is 467 g/mol. The first-order valence-electron chi connectivity index (χ1n) is 9.29. The summed E-state index contributed by atoms with van der Waals surface area (Å²) >= 11 is 12.1. The number of anilines is 1. The Morgan fingerprint density at radius 1 is 1.10 bits per heavy atom. The number of ether oxygens (including phenoxy) is 2. The van der Waals surface area contributed by atoms with E-state index in [-0.39, 0.29) is 41.8 Å². The minimum Gasteiger partial charge on any atom is -0.452 e. The van der Waals surface area contributed by atoms with E-state index >= 15 is 0 Å². The molecule has 11 heteroatoms. The summed E-state index contributed by atoms with van der Waals surface area (Å²) in [5.74, 6) is -1.42. The first-order chi connectivity index (χ1) is 14.7. The molecule has 2 aromatic rings. The van der Waals surface area contributed by atoms with Gasteiger partial charge in [0.2, 0.25) is 10.0 Å². The fourth-order valence-electron chi connectivity index (χ4n) is 2.84. The lowest BCUT2D eigenvalue weighted by Gasteiger charge is -2.26. The van der Waals surface area contributed by atoms with Crippen molar-refractivity contribution in [3.63, 3.8) is 0 Å². The summed E-state index contributed by atoms with van der Waals surface area (Å²) in [4.78, 5) is 24.2. The molecule has 1 aliphatic rings. The fraction of sp³-hybridized carbons (Fsp3) is 0.300. The maximum Gasteiger partial charge on any atom is 0.338 e. The molecule has 1 heterocycles. The van der Waals surface area contributed by atoms with Crippen LogP contribution in [0, 0.1) is 6.92 Å². The molecule has 0 bridgehead atoms. The van der Waals surface area contributed by atoms with Crippen molar-refractivity contribution in [2.45, 2.75) is 11.8 Å². The SMILES string of the molecule is Cc1ccc(NC(=O)COC(=O)c2ccc(Cl)c(S(=O)(=O)N3CCOCC3)c2)cc1Cl. The van der Waals surface area contributed by atoms with E-state index in [0.717, 1.165) is 11.6 Å². The summed E-state index contributed by atoms with van der Waals surface area (Å²) in [6.45, 7) is 2.21. The van der Waals surface area contributed by atoms with Crippen molar-refractivity contribution in [1.29, 1.82) is 0 Å². The molecule has 0 radical (unpaired) electrons. The van der Waals surface area contributed by atoms with Gasteiger partial charge in [-0.05, 0) is 42.8 Å². The first-order valence-corrected chi connectivity index (χ1v) is 11.5. The van der Waals surface area contributed by atoms with Crippen molar-refractivity contribution in [3.05, 3.63) is 57.6 Å². The standard InChI is InChI=1S/C20H20Cl2N2O6S/c1-13-2-4-15(11-17(13)22)23-19(25)12-30-20(26)14-3-5-16(21)18(10-14)31(27,28)24-6-8-29-9-7-24/h2-5,10-11H,6-9,12H2,1H3,(H,23,25). The van der Waals surface area contributed by atoms with Crippen molar-refractivity contribution in [3.8, 4) is 0 Å². The quantitative estimate of drug-likeness (QED) is 0.629. The Balaban J connectivity index is 1.67. The normalized spacial score (nSPS) is 14.8. The van der Waals surface area contributed by atoms with Gasteiger partial charge in [0.1, 0.15) is 4.90 Å². The number of rotatable bonds is 6. The van der Waals surface area contributed by atoms with Gasteiger partial charge in [0, 0.05) is 23.8 Å². The number of esters is 1. The molecular formula is C20H20Cl2N2O6S. The zero-order valence-corrected chi connectivity index (χ0v) is 18.9. The largest absolute Gasteiger partial charge is 0.452 e. The minimum absolute atomic E-state index is 0.0166. The number of nitrogens with one attached hydrogen (secondary N) is 1. The number of sulfonamides is 1. The second-order valence-electron chi connectivity index (χ2n) is 6.75. The van der Waals surface area contributed by atoms with Gasteiger partial charge in [-0.15, -0.1) is 0 Å². The molecule has 0 aliphatic carbocycles. The Hall–Kier alpha value is -2.17. The van der Waals surface area contributed by atoms with Crippen LogP contribution in [0.4, 0.5) is 5.69 Å². The zero-order chi connectivity index (χ0) is 22.6. The maximum atomic E-state index is 12.9. The average molecular weight is 487 g/mol. The lowest BCUT2D eigenvalue weighted by Crippen LogP contribution is -2.40. The molecule has 2 aromatic carbocycles. The third-order valence-electron chi connectivity index (χ3n) is 4.54. The number of hydrogen-bond acceptors (Lipinski definition) is 6. The van der Waals surface area contributed by atoms with Crippen LogP contribution in [0.1, 0.15) is 15.9 Å². The smallest absolute Gasteiger partial charge is 0.338 e. The number of hydrogen-bond donors (Lipinski definition) is 1. The highest BCUT2D eigenvalue weighted by molar-refractivity contribution is 7.89. The lowest BCUT2D eigenvalue weighted by molar-refractivity contribution is -0.119. The summed E-state index contributed by atoms with van der Waals surface area (Å²) in [7, 11) is -3.91. The van der Waals surface area contributed by atoms with Crippen LogP contribution in [0.25, 0.3) is 0 Å². The van der Waals surface area contributed by atoms with Gasteiger partial charge in [-0.25, -0.2) is 13.2 Å². The van der Waals surface area contributed by atoms with Crippen molar-refractivity contribution in [2.75, 3.05) is 38.2 Å². The van der Waals surface area contributed by atoms with Crippen LogP contribution in [0.5, 0.6) is 0 Å². The van der Waals surface area contributed by atoms with E-state index in [4.69, 9.17) is 32.7 Å². The Morgan fingerprint density at radius 3 is 2.48 bits per heavy atom. The molecule has 0 saturated carbocycles. The molecule has 1 amide bonds. The molecule has 31 heavy (non-hydrogen) atoms. The Kier molecular flexibility index (Phi) is 7.55. The van der Waals surface area contributed by atoms with Gasteiger partial charge in [-0.2, -0.15) is 4.31 Å². The molecule has 0 aromatic heterocycles. The second kappa shape index (κ2) is 9.97. The summed E-state index contributed by atoms with van der Waals surface area (Å²) < 4.78 is 37.2. The molecule has 0 spiro atoms. The maximum absolute atomic E-state index is 12.9. The van der Waals surface area contributed by atoms with Gasteiger partial charge in [0.15, 0.2) is 6.61 Å². The van der Waals surface area contributed by atoms with Crippen LogP contribution in [0.2, 0.25) is 10.0 Å². The zero-order valence-electron chi connectivity index (χ0n) is 16.6. The predicted molar refractivity (Wildman–Crippen MR) is 116 cm³/mol. The summed E-state index contributed by atoms with van der Waals surface area (Å²) in [6.07, 6.45) is 0. The van der Waals surface area contributed by atoms with E-state index in [9.17, 15) is 18.0 Å². The lowest BCUT2D eigenvalue weighted by atomic mass is 10.2. The number of carbonyl (C=O) groups is 2. The second-order valence-corrected chi connectivity index (χ2v) is 9.47. The molecule has 1 saturated heterocycles. The molecule has 0 atom stereocenters. The number of aryl methyl sites for hydroxylation is 1. The van der Waals surface area contributed by atoms with Gasteiger partial charge in [0.05, 0.1) is 23.8 Å². The molecule has 8 nitrogen and oxygen atoms in total. The van der Waals surface area contributed by atoms with Gasteiger partial charge in [0.25, 0.3) is 5.91 Å². The van der Waals surface area contributed by atoms with Gasteiger partial charge in [-0.3, -0.25) is 4.79 Å². The molecule has 0 unspecified atom stereocenters. The fourth-order valence-corrected chi connectivity index (χ4v) is 4.93. The van der Waals surface area contributed by atoms with Crippen LogP contribution in [-0.4, -0.2) is 57.5 Å². The number of nitrogens with zero attached hydrogens (tertiary/aromatic N) is 1. The van der Waals surface area contributed by atoms with E-state index in [2.05, 4.69) is 5.32 Å². The molecule has 3 rings (SSSR count). The van der Waals surface area contributed by atoms with Crippen LogP contribution >= 0.6 is 23.2 Å². The highest BCUT2D eigenvalue weighted by atomic mass is 35.5. The van der Waals surface area contributed by atoms with Crippen molar-refractivity contribution >= 4 is 50.8 Å². The topological polar surface area (TPSA) is 102 Å². The summed E-state index contributed by atoms with van der Waals surface area (Å²) in [5, 5.41) is 3.04. The number of morpholine rings is 1. The summed E-state index contributed by atoms with van der Waals surface area (Å²) in [5.41, 5.74) is 1.28. The van der Waals surface area contributed by atoms with Crippen molar-refractivity contribution < 1.29 is 27.5 Å². The van der Waals surface area contributed by atoms with E-state index in [1.165, 1.54) is 16.4 Å². The minimum atomic E-state index is -3.91. The molecule has 1 aliphatic heterocycles. The molecule has 1 fully saturated rings. The third kappa shape index (κ3) is 5.75. The molecule has 1 N–H and O–H groups in total. The van der Waals surface area contributed by atoms with Gasteiger partial charge >= 0.3 is 5.97 Å². The van der Waals surface area contributed by atoms with Crippen LogP contribution < -0.4 is 5.32 Å². The van der Waals surface area contributed by atoms with Crippen LogP contribution in [0.3, 0.4) is 0 Å². The summed E-state index contributed by atoms with van der Waals surface area (Å²) in [6, 6.07) is 8.78. The van der Waals surface area contributed by atoms with Crippen LogP contribution in [0.15, 0.2) is 41.3 Å². The monoisotopic (exact) mass is 486 g/mol. The van der Waals surface area contributed by atoms with E-state index in [0.29, 0.717) is 10.7 Å². The van der Waals surface area contributed by atoms with Gasteiger partial charge < -0.3 is 14.8 Å². The van der Waals surface area contributed by atoms with Crippen LogP contribution in [-0.2, 0) is 24.3 Å². The highest BCUT2D eigenvalue weighted by Gasteiger charge is 2.29. The van der Waals surface area contributed by atoms with Gasteiger partial charge in [-0.1, -0.05) is 29.3 Å². The highest BCUT2D eigenvalue weighted by Crippen LogP contribution is 2.27. The third-order valence-corrected chi connectivity index (χ3v) is 7.33. The number of amides is 1. The number of carbonyl (C=O) groups excluding carboxylic acids is 2. The van der Waals surface area contributed by atoms with E-state index in [1.54, 1.807) is 18.2 Å². The van der Waals surface area contributed by atoms with E-state index < -0.39 is 28.5 Å². The first kappa shape index (κ1) is 23.5. The van der Waals surface area contributed by atoms with E-state index in [1.807, 2.05) is 6.92 Å². The number of benzene rings is 2. The Bertz CT molecular complexity index is 1100. The molecule has 166 valence electrons. The van der Waals surface area contributed by atoms with Crippen molar-refractivity contribution in [1.82, 2.24) is 4.31 Å². The number of halogens is 2. The Labute approximate surface area is 190 Å². The average Bonchev–Trinajstić information content (AvgIpc) is 2.75. The Morgan fingerprint density at radius 2 is 1.81 bits per heavy atom. The predicted octanol–water partition coefficient (Wildman–Crippen LogP) is 3.12.